The van der Waals surface area contributed by atoms with Crippen LogP contribution in [-0.2, 0) is 17.9 Å². The molecule has 0 atom stereocenters. The highest BCUT2D eigenvalue weighted by atomic mass is 79.9. The van der Waals surface area contributed by atoms with Crippen LogP contribution in [0, 0.1) is 11.3 Å². The van der Waals surface area contributed by atoms with Crippen LogP contribution < -0.4 is 5.32 Å². The molecule has 2 aromatic rings. The average Bonchev–Trinajstić information content (AvgIpc) is 2.47. The van der Waals surface area contributed by atoms with Gasteiger partial charge in [0.05, 0.1) is 17.9 Å². The maximum absolute atomic E-state index is 9.15. The minimum atomic E-state index is 0.587. The lowest BCUT2D eigenvalue weighted by molar-refractivity contribution is 0.184. The van der Waals surface area contributed by atoms with Crippen LogP contribution in [0.15, 0.2) is 46.9 Å². The number of nitrogens with one attached hydrogen (secondary N) is 1. The molecule has 2 rings (SSSR count). The first kappa shape index (κ1) is 14.6. The van der Waals surface area contributed by atoms with Gasteiger partial charge < -0.3 is 10.1 Å². The quantitative estimate of drug-likeness (QED) is 0.898. The van der Waals surface area contributed by atoms with Crippen LogP contribution in [0.2, 0.25) is 0 Å². The molecule has 0 aliphatic rings. The van der Waals surface area contributed by atoms with Gasteiger partial charge in [-0.05, 0) is 29.3 Å². The van der Waals surface area contributed by atoms with Crippen LogP contribution in [0.5, 0.6) is 0 Å². The Kier molecular flexibility index (Phi) is 5.16. The number of hydrogen-bond acceptors (Lipinski definition) is 3. The number of benzene rings is 2. The average molecular weight is 331 g/mol. The van der Waals surface area contributed by atoms with Gasteiger partial charge in [0, 0.05) is 18.1 Å². The summed E-state index contributed by atoms with van der Waals surface area (Å²) in [5, 5.41) is 12.5. The van der Waals surface area contributed by atoms with E-state index in [4.69, 9.17) is 10.00 Å². The number of halogens is 1. The topological polar surface area (TPSA) is 45.0 Å². The molecule has 0 heterocycles. The number of nitrogens with zero attached hydrogens (tertiary/aromatic N) is 1. The molecule has 102 valence electrons. The van der Waals surface area contributed by atoms with E-state index in [-0.39, 0.29) is 0 Å². The van der Waals surface area contributed by atoms with Gasteiger partial charge in [0.25, 0.3) is 0 Å². The summed E-state index contributed by atoms with van der Waals surface area (Å²) < 4.78 is 6.10. The van der Waals surface area contributed by atoms with Crippen molar-refractivity contribution in [2.75, 3.05) is 12.4 Å². The number of rotatable bonds is 5. The first-order valence-corrected chi connectivity index (χ1v) is 7.03. The summed E-state index contributed by atoms with van der Waals surface area (Å²) >= 11 is 3.37. The largest absolute Gasteiger partial charge is 0.380 e. The van der Waals surface area contributed by atoms with Crippen LogP contribution in [0.3, 0.4) is 0 Å². The molecule has 0 aliphatic heterocycles. The maximum Gasteiger partial charge on any atom is 0.101 e. The van der Waals surface area contributed by atoms with E-state index in [0.717, 1.165) is 15.7 Å². The zero-order valence-electron chi connectivity index (χ0n) is 11.2. The van der Waals surface area contributed by atoms with E-state index in [1.165, 1.54) is 5.56 Å². The third-order valence-corrected chi connectivity index (χ3v) is 3.48. The Morgan fingerprint density at radius 3 is 2.65 bits per heavy atom. The minimum Gasteiger partial charge on any atom is -0.380 e. The molecular formula is C16H15BrN2O. The van der Waals surface area contributed by atoms with Gasteiger partial charge in [0.2, 0.25) is 0 Å². The summed E-state index contributed by atoms with van der Waals surface area (Å²) in [7, 11) is 1.69. The first-order chi connectivity index (χ1) is 9.74. The van der Waals surface area contributed by atoms with Crippen LogP contribution in [-0.4, -0.2) is 7.11 Å². The second kappa shape index (κ2) is 7.09. The Bertz CT molecular complexity index is 635. The minimum absolute atomic E-state index is 0.587. The van der Waals surface area contributed by atoms with E-state index >= 15 is 0 Å². The van der Waals surface area contributed by atoms with Crippen molar-refractivity contribution in [3.8, 4) is 6.07 Å². The zero-order valence-corrected chi connectivity index (χ0v) is 12.8. The molecule has 20 heavy (non-hydrogen) atoms. The van der Waals surface area contributed by atoms with Crippen molar-refractivity contribution in [3.63, 3.8) is 0 Å². The maximum atomic E-state index is 9.15. The molecule has 0 unspecified atom stereocenters. The summed E-state index contributed by atoms with van der Waals surface area (Å²) in [6.45, 7) is 1.25. The Morgan fingerprint density at radius 1 is 1.20 bits per heavy atom. The second-order valence-corrected chi connectivity index (χ2v) is 5.27. The van der Waals surface area contributed by atoms with Crippen LogP contribution in [0.25, 0.3) is 0 Å². The van der Waals surface area contributed by atoms with E-state index in [2.05, 4.69) is 33.4 Å². The van der Waals surface area contributed by atoms with Gasteiger partial charge in [-0.1, -0.05) is 40.2 Å². The molecule has 0 aromatic heterocycles. The predicted molar refractivity (Wildman–Crippen MR) is 83.3 cm³/mol. The highest BCUT2D eigenvalue weighted by molar-refractivity contribution is 9.10. The fourth-order valence-electron chi connectivity index (χ4n) is 1.98. The summed E-state index contributed by atoms with van der Waals surface area (Å²) in [5.74, 6) is 0. The van der Waals surface area contributed by atoms with Crippen molar-refractivity contribution in [1.82, 2.24) is 0 Å². The summed E-state index contributed by atoms with van der Waals surface area (Å²) in [6.07, 6.45) is 0. The van der Waals surface area contributed by atoms with Gasteiger partial charge in [-0.3, -0.25) is 0 Å². The first-order valence-electron chi connectivity index (χ1n) is 6.24. The predicted octanol–water partition coefficient (Wildman–Crippen LogP) is 4.08. The van der Waals surface area contributed by atoms with Gasteiger partial charge in [0.1, 0.15) is 6.07 Å². The molecule has 0 saturated carbocycles. The SMILES string of the molecule is COCc1ccccc1CNc1ccc(Br)cc1C#N. The fraction of sp³-hybridized carbons (Fsp3) is 0.188. The van der Waals surface area contributed by atoms with Gasteiger partial charge in [-0.2, -0.15) is 5.26 Å². The summed E-state index contributed by atoms with van der Waals surface area (Å²) in [5.41, 5.74) is 3.78. The number of ether oxygens (including phenoxy) is 1. The molecule has 4 heteroatoms. The lowest BCUT2D eigenvalue weighted by Gasteiger charge is -2.12. The third kappa shape index (κ3) is 3.60. The molecule has 0 saturated heterocycles. The number of hydrogen-bond donors (Lipinski definition) is 1. The molecule has 0 spiro atoms. The van der Waals surface area contributed by atoms with Crippen molar-refractivity contribution >= 4 is 21.6 Å². The molecule has 0 fully saturated rings. The Balaban J connectivity index is 2.15. The normalized spacial score (nSPS) is 10.1. The molecular weight excluding hydrogens is 316 g/mol. The summed E-state index contributed by atoms with van der Waals surface area (Å²) in [6, 6.07) is 15.9. The van der Waals surface area contributed by atoms with Crippen molar-refractivity contribution in [3.05, 3.63) is 63.6 Å². The van der Waals surface area contributed by atoms with Crippen LogP contribution >= 0.6 is 15.9 Å². The molecule has 2 aromatic carbocycles. The van der Waals surface area contributed by atoms with Crippen molar-refractivity contribution in [1.29, 1.82) is 5.26 Å². The highest BCUT2D eigenvalue weighted by Gasteiger charge is 2.05. The van der Waals surface area contributed by atoms with E-state index < -0.39 is 0 Å². The van der Waals surface area contributed by atoms with Gasteiger partial charge in [0.15, 0.2) is 0 Å². The van der Waals surface area contributed by atoms with Crippen LogP contribution in [0.4, 0.5) is 5.69 Å². The van der Waals surface area contributed by atoms with Gasteiger partial charge in [-0.15, -0.1) is 0 Å². The number of anilines is 1. The zero-order chi connectivity index (χ0) is 14.4. The third-order valence-electron chi connectivity index (χ3n) is 2.99. The van der Waals surface area contributed by atoms with E-state index in [0.29, 0.717) is 18.7 Å². The molecule has 0 aliphatic carbocycles. The Morgan fingerprint density at radius 2 is 1.95 bits per heavy atom. The number of methoxy groups -OCH3 is 1. The smallest absolute Gasteiger partial charge is 0.101 e. The molecule has 0 amide bonds. The highest BCUT2D eigenvalue weighted by Crippen LogP contribution is 2.21. The molecule has 1 N–H and O–H groups in total. The molecule has 0 radical (unpaired) electrons. The lowest BCUT2D eigenvalue weighted by atomic mass is 10.1. The van der Waals surface area contributed by atoms with E-state index in [1.54, 1.807) is 7.11 Å². The monoisotopic (exact) mass is 330 g/mol. The van der Waals surface area contributed by atoms with E-state index in [9.17, 15) is 0 Å². The second-order valence-electron chi connectivity index (χ2n) is 4.36. The summed E-state index contributed by atoms with van der Waals surface area (Å²) in [4.78, 5) is 0. The Labute approximate surface area is 127 Å². The number of nitriles is 1. The Hall–Kier alpha value is -1.83. The van der Waals surface area contributed by atoms with Crippen molar-refractivity contribution in [2.45, 2.75) is 13.2 Å². The van der Waals surface area contributed by atoms with Crippen LogP contribution in [0.1, 0.15) is 16.7 Å². The van der Waals surface area contributed by atoms with Crippen molar-refractivity contribution in [2.24, 2.45) is 0 Å². The molecule has 3 nitrogen and oxygen atoms in total. The molecule has 0 bridgehead atoms. The standard InChI is InChI=1S/C16H15BrN2O/c1-20-11-13-5-3-2-4-12(13)10-19-16-7-6-15(17)8-14(16)9-18/h2-8,19H,10-11H2,1H3. The van der Waals surface area contributed by atoms with Gasteiger partial charge in [-0.25, -0.2) is 0 Å². The van der Waals surface area contributed by atoms with Crippen molar-refractivity contribution < 1.29 is 4.74 Å². The van der Waals surface area contributed by atoms with Gasteiger partial charge >= 0.3 is 0 Å². The lowest BCUT2D eigenvalue weighted by Crippen LogP contribution is -2.04. The fourth-order valence-corrected chi connectivity index (χ4v) is 2.34. The van der Waals surface area contributed by atoms with E-state index in [1.807, 2.05) is 36.4 Å².